The van der Waals surface area contributed by atoms with Crippen molar-refractivity contribution in [3.05, 3.63) is 83.4 Å². The fourth-order valence-electron chi connectivity index (χ4n) is 4.12. The lowest BCUT2D eigenvalue weighted by atomic mass is 10.1. The zero-order valence-corrected chi connectivity index (χ0v) is 20.4. The smallest absolute Gasteiger partial charge is 0.406 e. The maximum absolute atomic E-state index is 13.4. The summed E-state index contributed by atoms with van der Waals surface area (Å²) in [5.41, 5.74) is 4.12. The second-order valence-corrected chi connectivity index (χ2v) is 8.87. The lowest BCUT2D eigenvalue weighted by molar-refractivity contribution is -0.274. The molecule has 0 spiro atoms. The van der Waals surface area contributed by atoms with Gasteiger partial charge in [-0.15, -0.1) is 13.2 Å². The third-order valence-electron chi connectivity index (χ3n) is 5.82. The van der Waals surface area contributed by atoms with E-state index >= 15 is 0 Å². The van der Waals surface area contributed by atoms with Gasteiger partial charge in [0.2, 0.25) is 0 Å². The van der Waals surface area contributed by atoms with E-state index in [2.05, 4.69) is 15.4 Å². The largest absolute Gasteiger partial charge is 0.573 e. The van der Waals surface area contributed by atoms with Crippen LogP contribution in [0.15, 0.2) is 66.7 Å². The van der Waals surface area contributed by atoms with Crippen molar-refractivity contribution in [2.24, 2.45) is 0 Å². The van der Waals surface area contributed by atoms with Crippen LogP contribution in [0.25, 0.3) is 0 Å². The van der Waals surface area contributed by atoms with Gasteiger partial charge in [0.05, 0.1) is 11.4 Å². The summed E-state index contributed by atoms with van der Waals surface area (Å²) in [6.07, 6.45) is -4.15. The summed E-state index contributed by atoms with van der Waals surface area (Å²) in [7, 11) is 0. The standard InChI is InChI=1S/C27H27F3N4O3/c1-18-7-10-21(11-8-18)31-25(35)32-23-15-19(2)9-12-24(23)34-14-4-13-33(26(34)36)17-20-5-3-6-22(16-20)37-27(28,29)30/h3,5-12,15-16H,4,13-14,17H2,1-2H3,(H2,31,32,35). The molecule has 37 heavy (non-hydrogen) atoms. The van der Waals surface area contributed by atoms with Crippen LogP contribution in [0.3, 0.4) is 0 Å². The van der Waals surface area contributed by atoms with Crippen LogP contribution >= 0.6 is 0 Å². The predicted molar refractivity (Wildman–Crippen MR) is 136 cm³/mol. The predicted octanol–water partition coefficient (Wildman–Crippen LogP) is 6.68. The molecule has 1 aliphatic rings. The summed E-state index contributed by atoms with van der Waals surface area (Å²) < 4.78 is 41.8. The third-order valence-corrected chi connectivity index (χ3v) is 5.82. The van der Waals surface area contributed by atoms with Gasteiger partial charge in [-0.2, -0.15) is 0 Å². The van der Waals surface area contributed by atoms with E-state index in [0.717, 1.165) is 11.1 Å². The van der Waals surface area contributed by atoms with Crippen LogP contribution in [-0.4, -0.2) is 36.4 Å². The number of hydrogen-bond donors (Lipinski definition) is 2. The first-order chi connectivity index (χ1) is 17.6. The molecule has 0 bridgehead atoms. The van der Waals surface area contributed by atoms with E-state index in [1.54, 1.807) is 40.1 Å². The number of halogens is 3. The Labute approximate surface area is 212 Å². The van der Waals surface area contributed by atoms with Gasteiger partial charge in [-0.05, 0) is 67.8 Å². The number of carbonyl (C=O) groups is 2. The van der Waals surface area contributed by atoms with E-state index < -0.39 is 12.4 Å². The van der Waals surface area contributed by atoms with Crippen molar-refractivity contribution in [2.45, 2.75) is 33.2 Å². The molecule has 194 valence electrons. The van der Waals surface area contributed by atoms with Crippen molar-refractivity contribution in [1.29, 1.82) is 0 Å². The zero-order chi connectivity index (χ0) is 26.6. The molecule has 0 radical (unpaired) electrons. The van der Waals surface area contributed by atoms with Crippen LogP contribution in [0.4, 0.5) is 39.8 Å². The number of rotatable bonds is 6. The average Bonchev–Trinajstić information content (AvgIpc) is 2.82. The fraction of sp³-hybridized carbons (Fsp3) is 0.259. The van der Waals surface area contributed by atoms with E-state index in [1.807, 2.05) is 32.0 Å². The number of carbonyl (C=O) groups excluding carboxylic acids is 2. The van der Waals surface area contributed by atoms with Gasteiger partial charge in [0.25, 0.3) is 0 Å². The minimum absolute atomic E-state index is 0.118. The summed E-state index contributed by atoms with van der Waals surface area (Å²) in [5.74, 6) is -0.337. The minimum atomic E-state index is -4.79. The number of benzene rings is 3. The fourth-order valence-corrected chi connectivity index (χ4v) is 4.12. The molecule has 4 amide bonds. The molecule has 0 aromatic heterocycles. The zero-order valence-electron chi connectivity index (χ0n) is 20.4. The average molecular weight is 513 g/mol. The lowest BCUT2D eigenvalue weighted by Crippen LogP contribution is -2.49. The van der Waals surface area contributed by atoms with Crippen molar-refractivity contribution in [2.75, 3.05) is 28.6 Å². The van der Waals surface area contributed by atoms with E-state index in [9.17, 15) is 22.8 Å². The van der Waals surface area contributed by atoms with Crippen molar-refractivity contribution in [3.8, 4) is 5.75 Å². The van der Waals surface area contributed by atoms with Crippen LogP contribution in [-0.2, 0) is 6.54 Å². The number of nitrogens with zero attached hydrogens (tertiary/aromatic N) is 2. The quantitative estimate of drug-likeness (QED) is 0.387. The molecule has 1 heterocycles. The van der Waals surface area contributed by atoms with Crippen LogP contribution in [0.5, 0.6) is 5.75 Å². The Bertz CT molecular complexity index is 1280. The third kappa shape index (κ3) is 6.93. The molecule has 3 aromatic rings. The van der Waals surface area contributed by atoms with Gasteiger partial charge in [-0.1, -0.05) is 35.9 Å². The number of nitrogens with one attached hydrogen (secondary N) is 2. The first-order valence-corrected chi connectivity index (χ1v) is 11.7. The summed E-state index contributed by atoms with van der Waals surface area (Å²) in [6.45, 7) is 4.83. The molecule has 1 aliphatic heterocycles. The summed E-state index contributed by atoms with van der Waals surface area (Å²) in [6, 6.07) is 17.6. The Kier molecular flexibility index (Phi) is 7.56. The Morgan fingerprint density at radius 2 is 1.68 bits per heavy atom. The van der Waals surface area contributed by atoms with Crippen LogP contribution in [0, 0.1) is 13.8 Å². The molecular weight excluding hydrogens is 485 g/mol. The van der Waals surface area contributed by atoms with Crippen LogP contribution in [0.2, 0.25) is 0 Å². The molecule has 1 saturated heterocycles. The highest BCUT2D eigenvalue weighted by Crippen LogP contribution is 2.31. The first kappa shape index (κ1) is 25.9. The van der Waals surface area contributed by atoms with Gasteiger partial charge >= 0.3 is 18.4 Å². The molecular formula is C27H27F3N4O3. The van der Waals surface area contributed by atoms with Gasteiger partial charge in [0.1, 0.15) is 5.75 Å². The normalized spacial score (nSPS) is 13.9. The molecule has 3 aromatic carbocycles. The minimum Gasteiger partial charge on any atom is -0.406 e. The molecule has 4 rings (SSSR count). The van der Waals surface area contributed by atoms with Crippen molar-refractivity contribution in [3.63, 3.8) is 0 Å². The Morgan fingerprint density at radius 1 is 0.946 bits per heavy atom. The second kappa shape index (κ2) is 10.8. The Hall–Kier alpha value is -4.21. The summed E-state index contributed by atoms with van der Waals surface area (Å²) in [4.78, 5) is 29.2. The Morgan fingerprint density at radius 3 is 2.41 bits per heavy atom. The number of aryl methyl sites for hydroxylation is 2. The van der Waals surface area contributed by atoms with Gasteiger partial charge in [0, 0.05) is 25.3 Å². The molecule has 1 fully saturated rings. The second-order valence-electron chi connectivity index (χ2n) is 8.87. The molecule has 0 saturated carbocycles. The summed E-state index contributed by atoms with van der Waals surface area (Å²) >= 11 is 0. The van der Waals surface area contributed by atoms with E-state index in [1.165, 1.54) is 18.2 Å². The number of anilines is 3. The van der Waals surface area contributed by atoms with Crippen LogP contribution in [0.1, 0.15) is 23.1 Å². The topological polar surface area (TPSA) is 73.9 Å². The molecule has 0 unspecified atom stereocenters. The number of ether oxygens (including phenoxy) is 1. The summed E-state index contributed by atoms with van der Waals surface area (Å²) in [5, 5.41) is 5.63. The van der Waals surface area contributed by atoms with Crippen LogP contribution < -0.4 is 20.3 Å². The molecule has 0 aliphatic carbocycles. The maximum Gasteiger partial charge on any atom is 0.573 e. The Balaban J connectivity index is 1.50. The highest BCUT2D eigenvalue weighted by Gasteiger charge is 2.32. The van der Waals surface area contributed by atoms with Crippen molar-refractivity contribution >= 4 is 29.1 Å². The number of amides is 4. The highest BCUT2D eigenvalue weighted by atomic mass is 19.4. The van der Waals surface area contributed by atoms with Gasteiger partial charge in [-0.25, -0.2) is 9.59 Å². The monoisotopic (exact) mass is 512 g/mol. The van der Waals surface area contributed by atoms with E-state index in [4.69, 9.17) is 0 Å². The maximum atomic E-state index is 13.4. The van der Waals surface area contributed by atoms with Crippen molar-refractivity contribution in [1.82, 2.24) is 4.90 Å². The molecule has 0 atom stereocenters. The molecule has 7 nitrogen and oxygen atoms in total. The van der Waals surface area contributed by atoms with Crippen molar-refractivity contribution < 1.29 is 27.5 Å². The number of alkyl halides is 3. The first-order valence-electron chi connectivity index (χ1n) is 11.7. The molecule has 2 N–H and O–H groups in total. The van der Waals surface area contributed by atoms with E-state index in [0.29, 0.717) is 42.1 Å². The highest BCUT2D eigenvalue weighted by molar-refractivity contribution is 6.04. The molecule has 10 heteroatoms. The van der Waals surface area contributed by atoms with E-state index in [-0.39, 0.29) is 18.3 Å². The van der Waals surface area contributed by atoms with Gasteiger partial charge in [0.15, 0.2) is 0 Å². The lowest BCUT2D eigenvalue weighted by Gasteiger charge is -2.36. The number of urea groups is 2. The number of hydrogen-bond acceptors (Lipinski definition) is 3. The SMILES string of the molecule is Cc1ccc(NC(=O)Nc2cc(C)ccc2N2CCCN(Cc3cccc(OC(F)(F)F)c3)C2=O)cc1. The van der Waals surface area contributed by atoms with Gasteiger partial charge < -0.3 is 20.3 Å². The van der Waals surface area contributed by atoms with Gasteiger partial charge in [-0.3, -0.25) is 4.90 Å².